The van der Waals surface area contributed by atoms with E-state index in [4.69, 9.17) is 0 Å². The minimum absolute atomic E-state index is 0.00516. The van der Waals surface area contributed by atoms with Crippen molar-refractivity contribution in [2.45, 2.75) is 31.7 Å². The first-order valence-electron chi connectivity index (χ1n) is 7.71. The minimum atomic E-state index is -0.763. The molecule has 1 fully saturated rings. The first-order valence-corrected chi connectivity index (χ1v) is 8.59. The number of anilines is 1. The number of amides is 2. The Hall–Kier alpha value is -1.95. The number of hydrogen-bond donors (Lipinski definition) is 1. The van der Waals surface area contributed by atoms with Crippen molar-refractivity contribution in [1.29, 1.82) is 0 Å². The Bertz CT molecular complexity index is 675. The Kier molecular flexibility index (Phi) is 4.91. The molecule has 122 valence electrons. The molecule has 1 aromatic heterocycles. The molecular weight excluding hydrogens is 318 g/mol. The van der Waals surface area contributed by atoms with Gasteiger partial charge < -0.3 is 10.2 Å². The molecule has 23 heavy (non-hydrogen) atoms. The second-order valence-electron chi connectivity index (χ2n) is 5.63. The number of halogens is 2. The van der Waals surface area contributed by atoms with Crippen LogP contribution in [0.5, 0.6) is 0 Å². The average Bonchev–Trinajstić information content (AvgIpc) is 2.94. The van der Waals surface area contributed by atoms with E-state index in [1.54, 1.807) is 16.2 Å². The van der Waals surface area contributed by atoms with Gasteiger partial charge in [-0.1, -0.05) is 18.9 Å². The number of hydrogen-bond acceptors (Lipinski definition) is 2. The van der Waals surface area contributed by atoms with Crippen molar-refractivity contribution in [3.63, 3.8) is 0 Å². The summed E-state index contributed by atoms with van der Waals surface area (Å²) in [4.78, 5) is 15.5. The maximum Gasteiger partial charge on any atom is 0.322 e. The molecule has 2 aromatic rings. The van der Waals surface area contributed by atoms with E-state index in [1.165, 1.54) is 6.07 Å². The van der Waals surface area contributed by atoms with Crippen molar-refractivity contribution in [1.82, 2.24) is 4.90 Å². The first-order chi connectivity index (χ1) is 11.1. The van der Waals surface area contributed by atoms with E-state index in [1.807, 2.05) is 17.5 Å². The van der Waals surface area contributed by atoms with Crippen LogP contribution in [-0.2, 0) is 0 Å². The van der Waals surface area contributed by atoms with Gasteiger partial charge in [-0.15, -0.1) is 11.3 Å². The van der Waals surface area contributed by atoms with E-state index < -0.39 is 11.6 Å². The van der Waals surface area contributed by atoms with Crippen molar-refractivity contribution >= 4 is 23.1 Å². The Balaban J connectivity index is 1.80. The summed E-state index contributed by atoms with van der Waals surface area (Å²) >= 11 is 1.63. The van der Waals surface area contributed by atoms with Gasteiger partial charge >= 0.3 is 6.03 Å². The summed E-state index contributed by atoms with van der Waals surface area (Å²) in [6.07, 6.45) is 3.98. The predicted octanol–water partition coefficient (Wildman–Crippen LogP) is 5.18. The molecule has 3 rings (SSSR count). The number of urea groups is 1. The van der Waals surface area contributed by atoms with E-state index in [0.717, 1.165) is 42.7 Å². The quantitative estimate of drug-likeness (QED) is 0.805. The van der Waals surface area contributed by atoms with Crippen LogP contribution < -0.4 is 5.32 Å². The van der Waals surface area contributed by atoms with Crippen molar-refractivity contribution in [2.75, 3.05) is 11.9 Å². The summed E-state index contributed by atoms with van der Waals surface area (Å²) in [5.41, 5.74) is 0.00516. The average molecular weight is 336 g/mol. The molecule has 0 unspecified atom stereocenters. The second-order valence-corrected chi connectivity index (χ2v) is 6.61. The van der Waals surface area contributed by atoms with Gasteiger partial charge in [0.25, 0.3) is 0 Å². The number of nitrogens with one attached hydrogen (secondary N) is 1. The van der Waals surface area contributed by atoms with Crippen LogP contribution in [0.3, 0.4) is 0 Å². The summed E-state index contributed by atoms with van der Waals surface area (Å²) in [5, 5.41) is 4.57. The number of likely N-dealkylation sites (tertiary alicyclic amines) is 1. The van der Waals surface area contributed by atoms with E-state index in [-0.39, 0.29) is 17.8 Å². The summed E-state index contributed by atoms with van der Waals surface area (Å²) in [7, 11) is 0. The van der Waals surface area contributed by atoms with Crippen LogP contribution in [0, 0.1) is 11.6 Å². The topological polar surface area (TPSA) is 32.3 Å². The lowest BCUT2D eigenvalue weighted by Gasteiger charge is -2.29. The Morgan fingerprint density at radius 3 is 2.83 bits per heavy atom. The van der Waals surface area contributed by atoms with Crippen molar-refractivity contribution in [2.24, 2.45) is 0 Å². The molecule has 0 spiro atoms. The Labute approximate surface area is 137 Å². The number of nitrogens with zero attached hydrogens (tertiary/aromatic N) is 1. The summed E-state index contributed by atoms with van der Waals surface area (Å²) < 4.78 is 26.7. The van der Waals surface area contributed by atoms with Gasteiger partial charge in [-0.25, -0.2) is 13.6 Å². The van der Waals surface area contributed by atoms with Crippen LogP contribution >= 0.6 is 11.3 Å². The molecule has 6 heteroatoms. The maximum atomic E-state index is 13.8. The molecule has 1 atom stereocenters. The van der Waals surface area contributed by atoms with Gasteiger partial charge in [0.1, 0.15) is 11.6 Å². The SMILES string of the molecule is O=C(Nc1ccc(F)cc1F)N1CCCCC[C@H]1c1cccs1. The number of benzene rings is 1. The lowest BCUT2D eigenvalue weighted by atomic mass is 10.1. The predicted molar refractivity (Wildman–Crippen MR) is 87.6 cm³/mol. The molecule has 1 aliphatic heterocycles. The van der Waals surface area contributed by atoms with Gasteiger partial charge in [0.2, 0.25) is 0 Å². The fourth-order valence-corrected chi connectivity index (χ4v) is 3.78. The van der Waals surface area contributed by atoms with Gasteiger partial charge in [0.05, 0.1) is 11.7 Å². The van der Waals surface area contributed by atoms with Crippen molar-refractivity contribution < 1.29 is 13.6 Å². The Morgan fingerprint density at radius 1 is 1.22 bits per heavy atom. The summed E-state index contributed by atoms with van der Waals surface area (Å²) in [5.74, 6) is -1.42. The lowest BCUT2D eigenvalue weighted by Crippen LogP contribution is -2.38. The van der Waals surface area contributed by atoms with Crippen molar-refractivity contribution in [3.05, 3.63) is 52.2 Å². The molecule has 0 saturated carbocycles. The lowest BCUT2D eigenvalue weighted by molar-refractivity contribution is 0.190. The third-order valence-electron chi connectivity index (χ3n) is 4.06. The van der Waals surface area contributed by atoms with Gasteiger partial charge in [-0.05, 0) is 36.4 Å². The molecule has 2 amide bonds. The fraction of sp³-hybridized carbons (Fsp3) is 0.353. The normalized spacial score (nSPS) is 18.5. The first kappa shape index (κ1) is 15.9. The highest BCUT2D eigenvalue weighted by molar-refractivity contribution is 7.10. The summed E-state index contributed by atoms with van der Waals surface area (Å²) in [6.45, 7) is 0.636. The monoisotopic (exact) mass is 336 g/mol. The molecule has 1 N–H and O–H groups in total. The third-order valence-corrected chi connectivity index (χ3v) is 5.03. The smallest absolute Gasteiger partial charge is 0.317 e. The van der Waals surface area contributed by atoms with Crippen LogP contribution in [0.4, 0.5) is 19.3 Å². The second kappa shape index (κ2) is 7.08. The zero-order valence-electron chi connectivity index (χ0n) is 12.6. The standard InChI is InChI=1S/C17H18F2N2OS/c18-12-7-8-14(13(19)11-12)20-17(22)21-9-3-1-2-5-15(21)16-6-4-10-23-16/h4,6-8,10-11,15H,1-3,5,9H2,(H,20,22)/t15-/m0/s1. The highest BCUT2D eigenvalue weighted by atomic mass is 32.1. The van der Waals surface area contributed by atoms with Crippen LogP contribution in [-0.4, -0.2) is 17.5 Å². The molecule has 1 aliphatic rings. The molecule has 1 aromatic carbocycles. The number of carbonyl (C=O) groups excluding carboxylic acids is 1. The van der Waals surface area contributed by atoms with Crippen LogP contribution in [0.25, 0.3) is 0 Å². The highest BCUT2D eigenvalue weighted by Crippen LogP contribution is 2.33. The van der Waals surface area contributed by atoms with Gasteiger partial charge in [-0.2, -0.15) is 0 Å². The van der Waals surface area contributed by atoms with E-state index in [0.29, 0.717) is 6.54 Å². The van der Waals surface area contributed by atoms with Crippen LogP contribution in [0.1, 0.15) is 36.6 Å². The van der Waals surface area contributed by atoms with E-state index >= 15 is 0 Å². The zero-order valence-corrected chi connectivity index (χ0v) is 13.4. The van der Waals surface area contributed by atoms with Gasteiger partial charge in [0.15, 0.2) is 0 Å². The molecule has 3 nitrogen and oxygen atoms in total. The van der Waals surface area contributed by atoms with Crippen LogP contribution in [0.15, 0.2) is 35.7 Å². The highest BCUT2D eigenvalue weighted by Gasteiger charge is 2.27. The molecule has 2 heterocycles. The number of rotatable bonds is 2. The van der Waals surface area contributed by atoms with Crippen LogP contribution in [0.2, 0.25) is 0 Å². The third kappa shape index (κ3) is 3.69. The largest absolute Gasteiger partial charge is 0.322 e. The van der Waals surface area contributed by atoms with E-state index in [2.05, 4.69) is 5.32 Å². The van der Waals surface area contributed by atoms with Crippen molar-refractivity contribution in [3.8, 4) is 0 Å². The zero-order chi connectivity index (χ0) is 16.2. The maximum absolute atomic E-state index is 13.8. The van der Waals surface area contributed by atoms with E-state index in [9.17, 15) is 13.6 Å². The fourth-order valence-electron chi connectivity index (χ4n) is 2.91. The minimum Gasteiger partial charge on any atom is -0.317 e. The van der Waals surface area contributed by atoms with Gasteiger partial charge in [-0.3, -0.25) is 0 Å². The number of carbonyl (C=O) groups is 1. The molecule has 0 aliphatic carbocycles. The molecule has 1 saturated heterocycles. The molecule has 0 radical (unpaired) electrons. The Morgan fingerprint density at radius 2 is 2.09 bits per heavy atom. The molecule has 0 bridgehead atoms. The van der Waals surface area contributed by atoms with Gasteiger partial charge in [0, 0.05) is 17.5 Å². The number of thiophene rings is 1. The summed E-state index contributed by atoms with van der Waals surface area (Å²) in [6, 6.07) is 6.84. The molecular formula is C17H18F2N2OS.